The van der Waals surface area contributed by atoms with Crippen LogP contribution in [0.5, 0.6) is 0 Å². The number of thiazole rings is 1. The number of benzene rings is 1. The molecule has 9 nitrogen and oxygen atoms in total. The minimum atomic E-state index is -0.169. The van der Waals surface area contributed by atoms with Gasteiger partial charge in [-0.1, -0.05) is 35.2 Å². The van der Waals surface area contributed by atoms with Crippen LogP contribution in [0, 0.1) is 0 Å². The van der Waals surface area contributed by atoms with Gasteiger partial charge in [-0.2, -0.15) is 9.61 Å². The van der Waals surface area contributed by atoms with Crippen molar-refractivity contribution in [2.24, 2.45) is 0 Å². The molecule has 4 aromatic rings. The van der Waals surface area contributed by atoms with E-state index < -0.39 is 0 Å². The highest BCUT2D eigenvalue weighted by molar-refractivity contribution is 7.99. The highest BCUT2D eigenvalue weighted by Crippen LogP contribution is 2.25. The standard InChI is InChI=1S/C12H10N8OS2/c13-19-6-14-20-11(19)17-18-12(20)22-5-9(21)16-10-15-7-3-1-2-4-8(7)23-10/h1-4,6H,5,13H2,(H,15,16,21). The van der Waals surface area contributed by atoms with Crippen molar-refractivity contribution < 1.29 is 4.79 Å². The minimum absolute atomic E-state index is 0.169. The van der Waals surface area contributed by atoms with Crippen LogP contribution in [0.2, 0.25) is 0 Å². The van der Waals surface area contributed by atoms with Gasteiger partial charge in [0.05, 0.1) is 16.0 Å². The van der Waals surface area contributed by atoms with Gasteiger partial charge < -0.3 is 11.2 Å². The van der Waals surface area contributed by atoms with Crippen LogP contribution in [0.25, 0.3) is 16.0 Å². The molecular formula is C12H10N8OS2. The maximum Gasteiger partial charge on any atom is 0.273 e. The first-order chi connectivity index (χ1) is 11.2. The largest absolute Gasteiger partial charge is 0.335 e. The summed E-state index contributed by atoms with van der Waals surface area (Å²) >= 11 is 2.66. The molecule has 116 valence electrons. The fourth-order valence-electron chi connectivity index (χ4n) is 1.98. The lowest BCUT2D eigenvalue weighted by atomic mass is 10.3. The summed E-state index contributed by atoms with van der Waals surface area (Å²) in [7, 11) is 0. The molecular weight excluding hydrogens is 336 g/mol. The van der Waals surface area contributed by atoms with Crippen LogP contribution in [0.3, 0.4) is 0 Å². The molecule has 0 aliphatic heterocycles. The van der Waals surface area contributed by atoms with Crippen LogP contribution in [-0.2, 0) is 4.79 Å². The van der Waals surface area contributed by atoms with E-state index in [0.717, 1.165) is 10.2 Å². The highest BCUT2D eigenvalue weighted by Gasteiger charge is 2.13. The van der Waals surface area contributed by atoms with Crippen LogP contribution >= 0.6 is 23.1 Å². The third-order valence-corrected chi connectivity index (χ3v) is 4.86. The van der Waals surface area contributed by atoms with Crippen molar-refractivity contribution in [3.63, 3.8) is 0 Å². The Labute approximate surface area is 137 Å². The van der Waals surface area contributed by atoms with E-state index in [2.05, 4.69) is 25.6 Å². The van der Waals surface area contributed by atoms with Gasteiger partial charge in [-0.05, 0) is 12.1 Å². The maximum absolute atomic E-state index is 12.1. The van der Waals surface area contributed by atoms with Crippen molar-refractivity contribution >= 4 is 50.1 Å². The number of amides is 1. The third-order valence-electron chi connectivity index (χ3n) is 2.99. The Bertz CT molecular complexity index is 970. The fourth-order valence-corrected chi connectivity index (χ4v) is 3.54. The molecule has 4 rings (SSSR count). The van der Waals surface area contributed by atoms with Crippen molar-refractivity contribution in [2.45, 2.75) is 5.16 Å². The number of rotatable bonds is 4. The molecule has 0 saturated heterocycles. The van der Waals surface area contributed by atoms with Gasteiger partial charge in [0.1, 0.15) is 6.33 Å². The van der Waals surface area contributed by atoms with Gasteiger partial charge in [0.2, 0.25) is 11.1 Å². The van der Waals surface area contributed by atoms with E-state index in [1.165, 1.54) is 38.6 Å². The Morgan fingerprint density at radius 1 is 1.35 bits per heavy atom. The number of aromatic nitrogens is 6. The number of nitrogens with two attached hydrogens (primary N) is 1. The van der Waals surface area contributed by atoms with Crippen molar-refractivity contribution in [1.82, 2.24) is 29.5 Å². The van der Waals surface area contributed by atoms with Crippen LogP contribution in [-0.4, -0.2) is 41.1 Å². The summed E-state index contributed by atoms with van der Waals surface area (Å²) in [5.41, 5.74) is 0.869. The summed E-state index contributed by atoms with van der Waals surface area (Å²) in [6.07, 6.45) is 1.43. The van der Waals surface area contributed by atoms with E-state index in [1.54, 1.807) is 0 Å². The van der Waals surface area contributed by atoms with E-state index in [-0.39, 0.29) is 11.7 Å². The molecule has 0 saturated carbocycles. The van der Waals surface area contributed by atoms with Gasteiger partial charge in [0.25, 0.3) is 5.78 Å². The zero-order valence-corrected chi connectivity index (χ0v) is 13.2. The Morgan fingerprint density at radius 2 is 2.22 bits per heavy atom. The van der Waals surface area contributed by atoms with Gasteiger partial charge in [0.15, 0.2) is 5.13 Å². The molecule has 0 bridgehead atoms. The monoisotopic (exact) mass is 346 g/mol. The van der Waals surface area contributed by atoms with Crippen LogP contribution in [0.4, 0.5) is 5.13 Å². The number of nitrogens with one attached hydrogen (secondary N) is 1. The zero-order chi connectivity index (χ0) is 15.8. The molecule has 1 aromatic carbocycles. The lowest BCUT2D eigenvalue weighted by molar-refractivity contribution is -0.113. The van der Waals surface area contributed by atoms with E-state index in [0.29, 0.717) is 16.1 Å². The Kier molecular flexibility index (Phi) is 3.35. The van der Waals surface area contributed by atoms with E-state index >= 15 is 0 Å². The zero-order valence-electron chi connectivity index (χ0n) is 11.6. The lowest BCUT2D eigenvalue weighted by Gasteiger charge is -1.99. The topological polar surface area (TPSA) is 116 Å². The number of fused-ring (bicyclic) bond motifs is 2. The Morgan fingerprint density at radius 3 is 3.09 bits per heavy atom. The Hall–Kier alpha value is -2.66. The summed E-state index contributed by atoms with van der Waals surface area (Å²) in [5.74, 6) is 6.04. The minimum Gasteiger partial charge on any atom is -0.335 e. The molecule has 23 heavy (non-hydrogen) atoms. The van der Waals surface area contributed by atoms with E-state index in [4.69, 9.17) is 5.84 Å². The molecule has 3 aromatic heterocycles. The molecule has 0 atom stereocenters. The van der Waals surface area contributed by atoms with Crippen LogP contribution < -0.4 is 11.2 Å². The van der Waals surface area contributed by atoms with E-state index in [1.807, 2.05) is 24.3 Å². The number of para-hydroxylation sites is 1. The average Bonchev–Trinajstić information content (AvgIpc) is 3.21. The summed E-state index contributed by atoms with van der Waals surface area (Å²) in [6.45, 7) is 0. The van der Waals surface area contributed by atoms with E-state index in [9.17, 15) is 4.79 Å². The molecule has 3 N–H and O–H groups in total. The number of hydrogen-bond donors (Lipinski definition) is 2. The molecule has 3 heterocycles. The lowest BCUT2D eigenvalue weighted by Crippen LogP contribution is -2.14. The van der Waals surface area contributed by atoms with Gasteiger partial charge in [-0.15, -0.1) is 10.2 Å². The normalized spacial score (nSPS) is 11.3. The van der Waals surface area contributed by atoms with Gasteiger partial charge in [-0.3, -0.25) is 4.79 Å². The first kappa shape index (κ1) is 14.0. The second-order valence-electron chi connectivity index (χ2n) is 4.56. The molecule has 0 unspecified atom stereocenters. The molecule has 0 spiro atoms. The third kappa shape index (κ3) is 2.59. The van der Waals surface area contributed by atoms with Crippen LogP contribution in [0.1, 0.15) is 0 Å². The molecule has 0 aliphatic carbocycles. The first-order valence-corrected chi connectivity index (χ1v) is 8.33. The summed E-state index contributed by atoms with van der Waals surface area (Å²) in [6, 6.07) is 7.73. The SMILES string of the molecule is Nn1cnn2c(SCC(=O)Nc3nc4ccccc4s3)nnc12. The molecule has 0 fully saturated rings. The second-order valence-corrected chi connectivity index (χ2v) is 6.53. The van der Waals surface area contributed by atoms with Crippen molar-refractivity contribution in [2.75, 3.05) is 16.9 Å². The highest BCUT2D eigenvalue weighted by atomic mass is 32.2. The Balaban J connectivity index is 1.43. The molecule has 1 amide bonds. The number of carbonyl (C=O) groups is 1. The maximum atomic E-state index is 12.1. The average molecular weight is 346 g/mol. The number of nitrogens with zero attached hydrogens (tertiary/aromatic N) is 6. The van der Waals surface area contributed by atoms with Crippen molar-refractivity contribution in [1.29, 1.82) is 0 Å². The predicted octanol–water partition coefficient (Wildman–Crippen LogP) is 0.980. The summed E-state index contributed by atoms with van der Waals surface area (Å²) in [5, 5.41) is 15.7. The van der Waals surface area contributed by atoms with Gasteiger partial charge in [-0.25, -0.2) is 9.66 Å². The number of nitrogen functional groups attached to an aromatic ring is 1. The molecule has 0 aliphatic rings. The van der Waals surface area contributed by atoms with Crippen molar-refractivity contribution in [3.8, 4) is 0 Å². The van der Waals surface area contributed by atoms with Gasteiger partial charge in [0, 0.05) is 0 Å². The number of anilines is 1. The first-order valence-electron chi connectivity index (χ1n) is 6.53. The fraction of sp³-hybridized carbons (Fsp3) is 0.0833. The van der Waals surface area contributed by atoms with Crippen LogP contribution in [0.15, 0.2) is 35.7 Å². The summed E-state index contributed by atoms with van der Waals surface area (Å²) in [4.78, 5) is 16.4. The summed E-state index contributed by atoms with van der Waals surface area (Å²) < 4.78 is 3.77. The molecule has 0 radical (unpaired) electrons. The van der Waals surface area contributed by atoms with Crippen molar-refractivity contribution in [3.05, 3.63) is 30.6 Å². The molecule has 11 heteroatoms. The van der Waals surface area contributed by atoms with Gasteiger partial charge >= 0.3 is 0 Å². The quantitative estimate of drug-likeness (QED) is 0.418. The number of carbonyl (C=O) groups excluding carboxylic acids is 1. The number of thioether (sulfide) groups is 1. The predicted molar refractivity (Wildman–Crippen MR) is 87.9 cm³/mol. The second kappa shape index (κ2) is 5.52. The smallest absolute Gasteiger partial charge is 0.273 e. The number of hydrogen-bond acceptors (Lipinski definition) is 8.